The lowest BCUT2D eigenvalue weighted by Crippen LogP contribution is -2.22. The molecule has 0 aromatic carbocycles. The van der Waals surface area contributed by atoms with Crippen LogP contribution in [0.4, 0.5) is 0 Å². The number of nitrogens with one attached hydrogen (secondary N) is 1. The van der Waals surface area contributed by atoms with Crippen molar-refractivity contribution in [1.29, 1.82) is 0 Å². The summed E-state index contributed by atoms with van der Waals surface area (Å²) < 4.78 is 2.40. The normalized spacial score (nSPS) is 12.9. The molecule has 0 aliphatic carbocycles. The zero-order valence-electron chi connectivity index (χ0n) is 10.3. The minimum Gasteiger partial charge on any atom is -0.306 e. The summed E-state index contributed by atoms with van der Waals surface area (Å²) in [5, 5.41) is 5.79. The first-order valence-electron chi connectivity index (χ1n) is 5.85. The van der Waals surface area contributed by atoms with Crippen LogP contribution in [0.5, 0.6) is 0 Å². The first kappa shape index (κ1) is 14.7. The molecule has 0 bridgehead atoms. The van der Waals surface area contributed by atoms with Gasteiger partial charge in [0.15, 0.2) is 0 Å². The van der Waals surface area contributed by atoms with Crippen molar-refractivity contribution in [3.63, 3.8) is 0 Å². The van der Waals surface area contributed by atoms with Gasteiger partial charge in [0.2, 0.25) is 0 Å². The third kappa shape index (κ3) is 3.25. The van der Waals surface area contributed by atoms with Crippen molar-refractivity contribution in [2.45, 2.75) is 26.3 Å². The molecule has 0 saturated carbocycles. The molecule has 2 rings (SSSR count). The van der Waals surface area contributed by atoms with Crippen LogP contribution in [0.15, 0.2) is 25.8 Å². The van der Waals surface area contributed by atoms with Crippen LogP contribution in [-0.4, -0.2) is 6.54 Å². The van der Waals surface area contributed by atoms with Crippen LogP contribution in [0, 0.1) is 6.92 Å². The van der Waals surface area contributed by atoms with E-state index >= 15 is 0 Å². The molecule has 1 atom stereocenters. The molecule has 1 nitrogen and oxygen atoms in total. The quantitative estimate of drug-likeness (QED) is 0.665. The van der Waals surface area contributed by atoms with E-state index in [1.165, 1.54) is 23.6 Å². The molecule has 1 N–H and O–H groups in total. The lowest BCUT2D eigenvalue weighted by atomic mass is 10.1. The van der Waals surface area contributed by atoms with Gasteiger partial charge in [-0.05, 0) is 74.8 Å². The summed E-state index contributed by atoms with van der Waals surface area (Å²) in [7, 11) is 0. The Labute approximate surface area is 133 Å². The fraction of sp³-hybridized carbons (Fsp3) is 0.385. The van der Waals surface area contributed by atoms with E-state index < -0.39 is 0 Å². The number of hydrogen-bond acceptors (Lipinski definition) is 3. The van der Waals surface area contributed by atoms with Crippen molar-refractivity contribution in [3.05, 3.63) is 41.1 Å². The third-order valence-corrected chi connectivity index (χ3v) is 6.25. The molecular weight excluding hydrogens is 394 g/mol. The molecule has 0 fully saturated rings. The minimum atomic E-state index is 0.293. The number of aryl methyl sites for hydroxylation is 1. The molecule has 98 valence electrons. The highest BCUT2D eigenvalue weighted by Crippen LogP contribution is 2.38. The molecule has 0 amide bonds. The number of hydrogen-bond donors (Lipinski definition) is 1. The Balaban J connectivity index is 2.37. The molecule has 0 aliphatic rings. The number of halogens is 2. The third-order valence-electron chi connectivity index (χ3n) is 2.74. The van der Waals surface area contributed by atoms with Crippen LogP contribution in [0.25, 0.3) is 0 Å². The monoisotopic (exact) mass is 407 g/mol. The molecule has 1 unspecified atom stereocenters. The second kappa shape index (κ2) is 6.66. The first-order chi connectivity index (χ1) is 8.63. The Kier molecular flexibility index (Phi) is 5.45. The lowest BCUT2D eigenvalue weighted by Gasteiger charge is -2.18. The molecule has 5 heteroatoms. The Bertz CT molecular complexity index is 519. The maximum Gasteiger partial charge on any atom is 0.0704 e. The molecule has 2 aromatic rings. The Morgan fingerprint density at radius 3 is 2.67 bits per heavy atom. The maximum atomic E-state index is 3.65. The SMILES string of the molecule is CCCNC(c1cc(Br)sc1C)c1sccc1Br. The van der Waals surface area contributed by atoms with Gasteiger partial charge in [-0.15, -0.1) is 22.7 Å². The van der Waals surface area contributed by atoms with Crippen LogP contribution in [0.1, 0.15) is 34.7 Å². The molecule has 2 aromatic heterocycles. The second-order valence-corrected chi connectivity index (χ2v) is 8.52. The van der Waals surface area contributed by atoms with E-state index in [9.17, 15) is 0 Å². The molecule has 0 aliphatic heterocycles. The minimum absolute atomic E-state index is 0.293. The molecule has 0 saturated heterocycles. The van der Waals surface area contributed by atoms with Gasteiger partial charge in [0.05, 0.1) is 9.83 Å². The van der Waals surface area contributed by atoms with E-state index in [1.54, 1.807) is 22.7 Å². The summed E-state index contributed by atoms with van der Waals surface area (Å²) in [6.45, 7) is 5.42. The van der Waals surface area contributed by atoms with E-state index in [4.69, 9.17) is 0 Å². The van der Waals surface area contributed by atoms with E-state index in [-0.39, 0.29) is 0 Å². The van der Waals surface area contributed by atoms with E-state index in [0.29, 0.717) is 6.04 Å². The Morgan fingerprint density at radius 1 is 1.39 bits per heavy atom. The predicted molar refractivity (Wildman–Crippen MR) is 88.9 cm³/mol. The van der Waals surface area contributed by atoms with Crippen LogP contribution < -0.4 is 5.32 Å². The van der Waals surface area contributed by atoms with Crippen molar-refractivity contribution >= 4 is 54.5 Å². The van der Waals surface area contributed by atoms with Crippen molar-refractivity contribution in [1.82, 2.24) is 5.32 Å². The summed E-state index contributed by atoms with van der Waals surface area (Å²) in [5.74, 6) is 0. The standard InChI is InChI=1S/C13H15Br2NS2/c1-3-5-16-12(13-10(14)4-6-17-13)9-7-11(15)18-8(9)2/h4,6-7,12,16H,3,5H2,1-2H3. The smallest absolute Gasteiger partial charge is 0.0704 e. The number of thiophene rings is 2. The van der Waals surface area contributed by atoms with Gasteiger partial charge in [-0.3, -0.25) is 0 Å². The summed E-state index contributed by atoms with van der Waals surface area (Å²) >= 11 is 10.8. The van der Waals surface area contributed by atoms with E-state index in [2.05, 4.69) is 68.5 Å². The van der Waals surface area contributed by atoms with Gasteiger partial charge >= 0.3 is 0 Å². The topological polar surface area (TPSA) is 12.0 Å². The van der Waals surface area contributed by atoms with Crippen LogP contribution in [0.3, 0.4) is 0 Å². The number of rotatable bonds is 5. The van der Waals surface area contributed by atoms with Crippen LogP contribution in [-0.2, 0) is 0 Å². The summed E-state index contributed by atoms with van der Waals surface area (Å²) in [5.41, 5.74) is 1.38. The molecular formula is C13H15Br2NS2. The van der Waals surface area contributed by atoms with Gasteiger partial charge in [0.1, 0.15) is 0 Å². The van der Waals surface area contributed by atoms with Gasteiger partial charge in [-0.25, -0.2) is 0 Å². The predicted octanol–water partition coefficient (Wildman–Crippen LogP) is 5.73. The summed E-state index contributed by atoms with van der Waals surface area (Å²) in [6, 6.07) is 4.65. The summed E-state index contributed by atoms with van der Waals surface area (Å²) in [4.78, 5) is 2.73. The van der Waals surface area contributed by atoms with Gasteiger partial charge in [-0.1, -0.05) is 6.92 Å². The highest BCUT2D eigenvalue weighted by molar-refractivity contribution is 9.11. The van der Waals surface area contributed by atoms with Gasteiger partial charge < -0.3 is 5.32 Å². The van der Waals surface area contributed by atoms with Gasteiger partial charge in [0, 0.05) is 14.2 Å². The zero-order chi connectivity index (χ0) is 13.1. The fourth-order valence-electron chi connectivity index (χ4n) is 1.89. The molecule has 2 heterocycles. The summed E-state index contributed by atoms with van der Waals surface area (Å²) in [6.07, 6.45) is 1.14. The fourth-order valence-corrected chi connectivity index (χ4v) is 5.33. The largest absolute Gasteiger partial charge is 0.306 e. The average Bonchev–Trinajstić information content (AvgIpc) is 2.87. The molecule has 0 spiro atoms. The Hall–Kier alpha value is 0.320. The highest BCUT2D eigenvalue weighted by Gasteiger charge is 2.20. The van der Waals surface area contributed by atoms with Crippen LogP contribution >= 0.6 is 54.5 Å². The van der Waals surface area contributed by atoms with Gasteiger partial charge in [-0.2, -0.15) is 0 Å². The van der Waals surface area contributed by atoms with E-state index in [1.807, 2.05) is 0 Å². The molecule has 0 radical (unpaired) electrons. The average molecular weight is 409 g/mol. The Morgan fingerprint density at radius 2 is 2.17 bits per heavy atom. The van der Waals surface area contributed by atoms with Crippen LogP contribution in [0.2, 0.25) is 0 Å². The second-order valence-electron chi connectivity index (χ2n) is 4.08. The first-order valence-corrected chi connectivity index (χ1v) is 9.13. The van der Waals surface area contributed by atoms with Crippen molar-refractivity contribution in [3.8, 4) is 0 Å². The van der Waals surface area contributed by atoms with Crippen molar-refractivity contribution in [2.75, 3.05) is 6.54 Å². The lowest BCUT2D eigenvalue weighted by molar-refractivity contribution is 0.604. The maximum absolute atomic E-state index is 3.65. The highest BCUT2D eigenvalue weighted by atomic mass is 79.9. The molecule has 18 heavy (non-hydrogen) atoms. The van der Waals surface area contributed by atoms with E-state index in [0.717, 1.165) is 13.0 Å². The van der Waals surface area contributed by atoms with Gasteiger partial charge in [0.25, 0.3) is 0 Å². The van der Waals surface area contributed by atoms with Crippen molar-refractivity contribution in [2.24, 2.45) is 0 Å². The van der Waals surface area contributed by atoms with Crippen molar-refractivity contribution < 1.29 is 0 Å². The zero-order valence-corrected chi connectivity index (χ0v) is 15.1.